The van der Waals surface area contributed by atoms with Gasteiger partial charge >= 0.3 is 0 Å². The van der Waals surface area contributed by atoms with Gasteiger partial charge in [0.15, 0.2) is 11.6 Å². The topological polar surface area (TPSA) is 38.5 Å². The largest absolute Gasteiger partial charge is 0.494 e. The number of piperidine rings is 1. The van der Waals surface area contributed by atoms with Gasteiger partial charge in [-0.05, 0) is 49.5 Å². The molecule has 1 aromatic carbocycles. The highest BCUT2D eigenvalue weighted by Gasteiger charge is 2.18. The molecule has 1 saturated heterocycles. The molecular formula is C14H21FN2O. The van der Waals surface area contributed by atoms with E-state index in [9.17, 15) is 4.39 Å². The molecule has 0 aliphatic carbocycles. The molecule has 0 aromatic heterocycles. The highest BCUT2D eigenvalue weighted by atomic mass is 19.1. The lowest BCUT2D eigenvalue weighted by Gasteiger charge is -2.32. The van der Waals surface area contributed by atoms with Crippen molar-refractivity contribution in [2.24, 2.45) is 11.7 Å². The summed E-state index contributed by atoms with van der Waals surface area (Å²) >= 11 is 0. The van der Waals surface area contributed by atoms with Crippen LogP contribution in [0.15, 0.2) is 18.2 Å². The smallest absolute Gasteiger partial charge is 0.165 e. The zero-order chi connectivity index (χ0) is 13.0. The van der Waals surface area contributed by atoms with Crippen molar-refractivity contribution >= 4 is 0 Å². The summed E-state index contributed by atoms with van der Waals surface area (Å²) in [5.74, 6) is 0.599. The third-order valence-electron chi connectivity index (χ3n) is 3.56. The number of likely N-dealkylation sites (tertiary alicyclic amines) is 1. The Morgan fingerprint density at radius 3 is 3.00 bits per heavy atom. The first-order valence-electron chi connectivity index (χ1n) is 6.47. The summed E-state index contributed by atoms with van der Waals surface area (Å²) in [7, 11) is 1.48. The van der Waals surface area contributed by atoms with E-state index in [1.807, 2.05) is 6.07 Å². The van der Waals surface area contributed by atoms with E-state index >= 15 is 0 Å². The Balaban J connectivity index is 1.98. The number of hydrogen-bond acceptors (Lipinski definition) is 3. The summed E-state index contributed by atoms with van der Waals surface area (Å²) in [6.07, 6.45) is 2.39. The van der Waals surface area contributed by atoms with Crippen LogP contribution in [-0.2, 0) is 6.54 Å². The first kappa shape index (κ1) is 13.3. The predicted octanol–water partition coefficient (Wildman–Crippen LogP) is 2.00. The number of ether oxygens (including phenoxy) is 1. The lowest BCUT2D eigenvalue weighted by atomic mass is 9.98. The minimum absolute atomic E-state index is 0.289. The van der Waals surface area contributed by atoms with E-state index in [-0.39, 0.29) is 5.82 Å². The molecule has 3 nitrogen and oxygen atoms in total. The van der Waals surface area contributed by atoms with E-state index in [0.29, 0.717) is 11.7 Å². The molecule has 0 radical (unpaired) electrons. The number of hydrogen-bond donors (Lipinski definition) is 1. The van der Waals surface area contributed by atoms with Gasteiger partial charge in [-0.3, -0.25) is 4.90 Å². The molecule has 4 heteroatoms. The summed E-state index contributed by atoms with van der Waals surface area (Å²) in [5.41, 5.74) is 6.71. The quantitative estimate of drug-likeness (QED) is 0.891. The minimum atomic E-state index is -0.289. The summed E-state index contributed by atoms with van der Waals surface area (Å²) in [4.78, 5) is 2.35. The highest BCUT2D eigenvalue weighted by molar-refractivity contribution is 5.29. The molecule has 1 heterocycles. The van der Waals surface area contributed by atoms with E-state index in [4.69, 9.17) is 10.5 Å². The third kappa shape index (κ3) is 3.21. The normalized spacial score (nSPS) is 20.9. The molecule has 0 bridgehead atoms. The summed E-state index contributed by atoms with van der Waals surface area (Å²) in [6, 6.07) is 5.17. The Morgan fingerprint density at radius 2 is 2.33 bits per heavy atom. The molecule has 1 aromatic rings. The van der Waals surface area contributed by atoms with Gasteiger partial charge in [0.2, 0.25) is 0 Å². The van der Waals surface area contributed by atoms with E-state index in [2.05, 4.69) is 4.90 Å². The highest BCUT2D eigenvalue weighted by Crippen LogP contribution is 2.21. The van der Waals surface area contributed by atoms with Crippen LogP contribution in [0.3, 0.4) is 0 Å². The second-order valence-corrected chi connectivity index (χ2v) is 4.95. The van der Waals surface area contributed by atoms with Gasteiger partial charge in [-0.25, -0.2) is 4.39 Å². The molecule has 18 heavy (non-hydrogen) atoms. The van der Waals surface area contributed by atoms with E-state index in [0.717, 1.165) is 31.7 Å². The van der Waals surface area contributed by atoms with Gasteiger partial charge in [0.1, 0.15) is 0 Å². The maximum Gasteiger partial charge on any atom is 0.165 e. The Kier molecular flexibility index (Phi) is 4.55. The first-order valence-corrected chi connectivity index (χ1v) is 6.47. The monoisotopic (exact) mass is 252 g/mol. The van der Waals surface area contributed by atoms with Gasteiger partial charge in [0.05, 0.1) is 7.11 Å². The third-order valence-corrected chi connectivity index (χ3v) is 3.56. The van der Waals surface area contributed by atoms with Crippen molar-refractivity contribution in [2.75, 3.05) is 26.7 Å². The Hall–Kier alpha value is -1.13. The van der Waals surface area contributed by atoms with E-state index in [1.165, 1.54) is 20.0 Å². The van der Waals surface area contributed by atoms with E-state index < -0.39 is 0 Å². The minimum Gasteiger partial charge on any atom is -0.494 e. The summed E-state index contributed by atoms with van der Waals surface area (Å²) in [5, 5.41) is 0. The van der Waals surface area contributed by atoms with Gasteiger partial charge in [0, 0.05) is 13.1 Å². The average Bonchev–Trinajstić information content (AvgIpc) is 2.39. The van der Waals surface area contributed by atoms with Crippen molar-refractivity contribution in [3.05, 3.63) is 29.6 Å². The molecule has 1 atom stereocenters. The van der Waals surface area contributed by atoms with Gasteiger partial charge < -0.3 is 10.5 Å². The van der Waals surface area contributed by atoms with Crippen LogP contribution < -0.4 is 10.5 Å². The molecular weight excluding hydrogens is 231 g/mol. The van der Waals surface area contributed by atoms with Crippen LogP contribution in [0.2, 0.25) is 0 Å². The Labute approximate surface area is 108 Å². The maximum absolute atomic E-state index is 13.6. The number of nitrogens with two attached hydrogens (primary N) is 1. The fourth-order valence-electron chi connectivity index (χ4n) is 2.55. The van der Waals surface area contributed by atoms with Crippen molar-refractivity contribution < 1.29 is 9.13 Å². The van der Waals surface area contributed by atoms with Crippen LogP contribution in [0.5, 0.6) is 5.75 Å². The molecule has 0 saturated carbocycles. The lowest BCUT2D eigenvalue weighted by Crippen LogP contribution is -2.37. The maximum atomic E-state index is 13.6. The van der Waals surface area contributed by atoms with Crippen molar-refractivity contribution in [1.82, 2.24) is 4.90 Å². The van der Waals surface area contributed by atoms with Gasteiger partial charge in [-0.15, -0.1) is 0 Å². The van der Waals surface area contributed by atoms with Crippen molar-refractivity contribution in [2.45, 2.75) is 19.4 Å². The van der Waals surface area contributed by atoms with Crippen LogP contribution in [0.4, 0.5) is 4.39 Å². The van der Waals surface area contributed by atoms with Gasteiger partial charge in [-0.2, -0.15) is 0 Å². The number of benzene rings is 1. The molecule has 2 rings (SSSR count). The molecule has 0 spiro atoms. The SMILES string of the molecule is COc1ccc(CN2CCCC(CN)C2)cc1F. The van der Waals surface area contributed by atoms with Crippen LogP contribution in [0, 0.1) is 11.7 Å². The van der Waals surface area contributed by atoms with Crippen LogP contribution in [0.1, 0.15) is 18.4 Å². The predicted molar refractivity (Wildman–Crippen MR) is 70.0 cm³/mol. The summed E-state index contributed by atoms with van der Waals surface area (Å²) < 4.78 is 18.5. The second kappa shape index (κ2) is 6.16. The lowest BCUT2D eigenvalue weighted by molar-refractivity contribution is 0.171. The van der Waals surface area contributed by atoms with Gasteiger partial charge in [0.25, 0.3) is 0 Å². The van der Waals surface area contributed by atoms with Crippen molar-refractivity contribution in [3.63, 3.8) is 0 Å². The van der Waals surface area contributed by atoms with E-state index in [1.54, 1.807) is 12.1 Å². The van der Waals surface area contributed by atoms with Crippen LogP contribution in [0.25, 0.3) is 0 Å². The van der Waals surface area contributed by atoms with Gasteiger partial charge in [-0.1, -0.05) is 6.07 Å². The number of methoxy groups -OCH3 is 1. The van der Waals surface area contributed by atoms with Crippen molar-refractivity contribution in [1.29, 1.82) is 0 Å². The molecule has 100 valence electrons. The molecule has 1 aliphatic heterocycles. The molecule has 2 N–H and O–H groups in total. The first-order chi connectivity index (χ1) is 8.72. The van der Waals surface area contributed by atoms with Crippen LogP contribution in [-0.4, -0.2) is 31.6 Å². The van der Waals surface area contributed by atoms with Crippen LogP contribution >= 0.6 is 0 Å². The molecule has 1 unspecified atom stereocenters. The fraction of sp³-hybridized carbons (Fsp3) is 0.571. The molecule has 1 fully saturated rings. The fourth-order valence-corrected chi connectivity index (χ4v) is 2.55. The number of rotatable bonds is 4. The standard InChI is InChI=1S/C14H21FN2O/c1-18-14-5-4-11(7-13(14)15)9-17-6-2-3-12(8-16)10-17/h4-5,7,12H,2-3,6,8-10,16H2,1H3. The summed E-state index contributed by atoms with van der Waals surface area (Å²) in [6.45, 7) is 3.62. The number of nitrogens with zero attached hydrogens (tertiary/aromatic N) is 1. The van der Waals surface area contributed by atoms with Crippen molar-refractivity contribution in [3.8, 4) is 5.75 Å². The Morgan fingerprint density at radius 1 is 1.50 bits per heavy atom. The zero-order valence-corrected chi connectivity index (χ0v) is 10.9. The molecule has 1 aliphatic rings. The second-order valence-electron chi connectivity index (χ2n) is 4.95. The molecule has 0 amide bonds. The number of halogens is 1. The average molecular weight is 252 g/mol. The Bertz CT molecular complexity index is 397. The zero-order valence-electron chi connectivity index (χ0n) is 10.9.